The fourth-order valence-corrected chi connectivity index (χ4v) is 2.82. The molecule has 146 valence electrons. The SMILES string of the molecule is CCOC(=O)C1=NN(c2ccc(Cl)cc2)C(c2ccc([N+](=O)[O-])cc2)NN1C. The summed E-state index contributed by atoms with van der Waals surface area (Å²) in [5, 5.41) is 19.0. The van der Waals surface area contributed by atoms with Gasteiger partial charge in [0.05, 0.1) is 17.2 Å². The molecule has 3 rings (SSSR count). The van der Waals surface area contributed by atoms with Crippen molar-refractivity contribution in [3.63, 3.8) is 0 Å². The van der Waals surface area contributed by atoms with E-state index in [2.05, 4.69) is 10.5 Å². The molecule has 0 amide bonds. The first-order valence-corrected chi connectivity index (χ1v) is 8.83. The molecule has 1 atom stereocenters. The molecule has 0 radical (unpaired) electrons. The molecule has 0 bridgehead atoms. The number of nitro groups is 1. The van der Waals surface area contributed by atoms with Crippen molar-refractivity contribution in [3.8, 4) is 0 Å². The van der Waals surface area contributed by atoms with Crippen LogP contribution in [-0.4, -0.2) is 35.4 Å². The lowest BCUT2D eigenvalue weighted by Crippen LogP contribution is -2.55. The standard InChI is InChI=1S/C18H18ClN5O4/c1-3-28-18(25)17-21-23(14-10-6-13(19)7-11-14)16(20-22(17)2)12-4-8-15(9-5-12)24(26)27/h4-11,16,20H,3H2,1-2H3. The van der Waals surface area contributed by atoms with Crippen LogP contribution in [0.15, 0.2) is 53.6 Å². The van der Waals surface area contributed by atoms with Gasteiger partial charge in [0.1, 0.15) is 6.17 Å². The van der Waals surface area contributed by atoms with Crippen LogP contribution in [0.25, 0.3) is 0 Å². The van der Waals surface area contributed by atoms with Gasteiger partial charge in [-0.1, -0.05) is 11.6 Å². The molecule has 0 saturated carbocycles. The van der Waals surface area contributed by atoms with Gasteiger partial charge in [0.15, 0.2) is 0 Å². The van der Waals surface area contributed by atoms with Crippen molar-refractivity contribution in [1.29, 1.82) is 0 Å². The molecular weight excluding hydrogens is 386 g/mol. The van der Waals surface area contributed by atoms with E-state index in [1.165, 1.54) is 17.1 Å². The summed E-state index contributed by atoms with van der Waals surface area (Å²) in [6.45, 7) is 1.93. The molecule has 10 heteroatoms. The molecule has 1 aliphatic rings. The summed E-state index contributed by atoms with van der Waals surface area (Å²) >= 11 is 5.98. The Balaban J connectivity index is 2.03. The third-order valence-corrected chi connectivity index (χ3v) is 4.30. The van der Waals surface area contributed by atoms with Crippen molar-refractivity contribution in [2.45, 2.75) is 13.1 Å². The molecule has 1 aliphatic heterocycles. The third kappa shape index (κ3) is 4.05. The number of halogens is 1. The second kappa shape index (κ2) is 8.24. The molecule has 0 aliphatic carbocycles. The van der Waals surface area contributed by atoms with Gasteiger partial charge in [-0.3, -0.25) is 15.1 Å². The van der Waals surface area contributed by atoms with E-state index in [0.717, 1.165) is 5.56 Å². The number of hydrogen-bond acceptors (Lipinski definition) is 8. The lowest BCUT2D eigenvalue weighted by atomic mass is 10.1. The van der Waals surface area contributed by atoms with E-state index < -0.39 is 17.1 Å². The number of anilines is 1. The molecule has 1 unspecified atom stereocenters. The zero-order valence-electron chi connectivity index (χ0n) is 15.2. The number of benzene rings is 2. The predicted octanol–water partition coefficient (Wildman–Crippen LogP) is 3.08. The Hall–Kier alpha value is -3.17. The van der Waals surface area contributed by atoms with Crippen LogP contribution in [0, 0.1) is 10.1 Å². The summed E-state index contributed by atoms with van der Waals surface area (Å²) in [5.74, 6) is -0.492. The average Bonchev–Trinajstić information content (AvgIpc) is 2.68. The van der Waals surface area contributed by atoms with Gasteiger partial charge in [-0.05, 0) is 48.9 Å². The molecule has 0 fully saturated rings. The maximum atomic E-state index is 12.2. The van der Waals surface area contributed by atoms with Gasteiger partial charge in [0, 0.05) is 24.2 Å². The summed E-state index contributed by atoms with van der Waals surface area (Å²) in [6.07, 6.45) is -0.509. The second-order valence-electron chi connectivity index (χ2n) is 5.90. The number of hydrazine groups is 1. The van der Waals surface area contributed by atoms with Crippen molar-refractivity contribution >= 4 is 34.8 Å². The topological polar surface area (TPSA) is 100 Å². The van der Waals surface area contributed by atoms with E-state index in [9.17, 15) is 14.9 Å². The van der Waals surface area contributed by atoms with Crippen LogP contribution in [-0.2, 0) is 9.53 Å². The molecule has 0 saturated heterocycles. The Labute approximate surface area is 166 Å². The van der Waals surface area contributed by atoms with Crippen LogP contribution in [0.2, 0.25) is 5.02 Å². The Morgan fingerprint density at radius 1 is 1.25 bits per heavy atom. The molecule has 28 heavy (non-hydrogen) atoms. The number of nitrogens with one attached hydrogen (secondary N) is 1. The van der Waals surface area contributed by atoms with Crippen LogP contribution < -0.4 is 10.4 Å². The quantitative estimate of drug-likeness (QED) is 0.465. The van der Waals surface area contributed by atoms with E-state index in [-0.39, 0.29) is 18.1 Å². The summed E-state index contributed by atoms with van der Waals surface area (Å²) < 4.78 is 5.06. The monoisotopic (exact) mass is 403 g/mol. The van der Waals surface area contributed by atoms with E-state index in [1.54, 1.807) is 55.4 Å². The van der Waals surface area contributed by atoms with Gasteiger partial charge in [-0.15, -0.1) is 5.10 Å². The largest absolute Gasteiger partial charge is 0.460 e. The van der Waals surface area contributed by atoms with E-state index >= 15 is 0 Å². The summed E-state index contributed by atoms with van der Waals surface area (Å²) in [5.41, 5.74) is 4.54. The van der Waals surface area contributed by atoms with Crippen molar-refractivity contribution in [2.24, 2.45) is 5.10 Å². The Morgan fingerprint density at radius 3 is 2.46 bits per heavy atom. The Morgan fingerprint density at radius 2 is 1.89 bits per heavy atom. The number of non-ortho nitro benzene ring substituents is 1. The van der Waals surface area contributed by atoms with Gasteiger partial charge in [-0.25, -0.2) is 15.2 Å². The third-order valence-electron chi connectivity index (χ3n) is 4.05. The van der Waals surface area contributed by atoms with Crippen molar-refractivity contribution in [3.05, 3.63) is 69.2 Å². The number of nitrogens with zero attached hydrogens (tertiary/aromatic N) is 4. The molecule has 0 aromatic heterocycles. The molecule has 2 aromatic rings. The van der Waals surface area contributed by atoms with Gasteiger partial charge in [0.25, 0.3) is 5.69 Å². The summed E-state index contributed by atoms with van der Waals surface area (Å²) in [7, 11) is 1.65. The highest BCUT2D eigenvalue weighted by atomic mass is 35.5. The minimum Gasteiger partial charge on any atom is -0.460 e. The van der Waals surface area contributed by atoms with Crippen LogP contribution >= 0.6 is 11.6 Å². The molecule has 1 heterocycles. The predicted molar refractivity (Wildman–Crippen MR) is 105 cm³/mol. The number of amidine groups is 1. The number of nitro benzene ring substituents is 1. The second-order valence-corrected chi connectivity index (χ2v) is 6.34. The highest BCUT2D eigenvalue weighted by molar-refractivity contribution is 6.35. The highest BCUT2D eigenvalue weighted by Gasteiger charge is 2.32. The number of rotatable bonds is 5. The van der Waals surface area contributed by atoms with E-state index in [4.69, 9.17) is 16.3 Å². The van der Waals surface area contributed by atoms with Crippen LogP contribution in [0.3, 0.4) is 0 Å². The maximum absolute atomic E-state index is 12.2. The van der Waals surface area contributed by atoms with Crippen LogP contribution in [0.5, 0.6) is 0 Å². The van der Waals surface area contributed by atoms with Gasteiger partial charge < -0.3 is 4.74 Å². The minimum atomic E-state index is -0.571. The number of esters is 1. The number of carbonyl (C=O) groups excluding carboxylic acids is 1. The van der Waals surface area contributed by atoms with Crippen molar-refractivity contribution in [2.75, 3.05) is 18.7 Å². The highest BCUT2D eigenvalue weighted by Crippen LogP contribution is 2.30. The average molecular weight is 404 g/mol. The minimum absolute atomic E-state index is 0.0123. The molecule has 9 nitrogen and oxygen atoms in total. The summed E-state index contributed by atoms with van der Waals surface area (Å²) in [6, 6.07) is 13.1. The van der Waals surface area contributed by atoms with Crippen molar-refractivity contribution in [1.82, 2.24) is 10.4 Å². The van der Waals surface area contributed by atoms with E-state index in [0.29, 0.717) is 10.7 Å². The van der Waals surface area contributed by atoms with E-state index in [1.807, 2.05) is 0 Å². The first kappa shape index (κ1) is 19.6. The fourth-order valence-electron chi connectivity index (χ4n) is 2.69. The number of carbonyl (C=O) groups is 1. The van der Waals surface area contributed by atoms with Crippen LogP contribution in [0.4, 0.5) is 11.4 Å². The van der Waals surface area contributed by atoms with Gasteiger partial charge in [0.2, 0.25) is 5.84 Å². The number of hydrogen-bond donors (Lipinski definition) is 1. The number of likely N-dealkylation sites (N-methyl/N-ethyl adjacent to an activating group) is 1. The van der Waals surface area contributed by atoms with Crippen LogP contribution in [0.1, 0.15) is 18.7 Å². The van der Waals surface area contributed by atoms with Gasteiger partial charge >= 0.3 is 5.97 Å². The first-order valence-electron chi connectivity index (χ1n) is 8.45. The molecule has 2 aromatic carbocycles. The molecular formula is C18H18ClN5O4. The van der Waals surface area contributed by atoms with Crippen molar-refractivity contribution < 1.29 is 14.5 Å². The maximum Gasteiger partial charge on any atom is 0.377 e. The smallest absolute Gasteiger partial charge is 0.377 e. The Bertz CT molecular complexity index is 901. The fraction of sp³-hybridized carbons (Fsp3) is 0.222. The molecule has 0 spiro atoms. The number of hydrazone groups is 1. The normalized spacial score (nSPS) is 16.5. The number of ether oxygens (including phenoxy) is 1. The zero-order chi connectivity index (χ0) is 20.3. The zero-order valence-corrected chi connectivity index (χ0v) is 16.0. The first-order chi connectivity index (χ1) is 13.4. The van der Waals surface area contributed by atoms with Gasteiger partial charge in [-0.2, -0.15) is 0 Å². The Kier molecular flexibility index (Phi) is 5.76. The lowest BCUT2D eigenvalue weighted by Gasteiger charge is -2.39. The molecule has 1 N–H and O–H groups in total. The lowest BCUT2D eigenvalue weighted by molar-refractivity contribution is -0.384. The summed E-state index contributed by atoms with van der Waals surface area (Å²) in [4.78, 5) is 22.7.